The zero-order valence-electron chi connectivity index (χ0n) is 18.0. The van der Waals surface area contributed by atoms with Crippen LogP contribution in [0.25, 0.3) is 0 Å². The molecule has 0 radical (unpaired) electrons. The van der Waals surface area contributed by atoms with Gasteiger partial charge in [0.25, 0.3) is 0 Å². The van der Waals surface area contributed by atoms with Crippen LogP contribution in [0.4, 0.5) is 0 Å². The first-order valence-electron chi connectivity index (χ1n) is 10.1. The van der Waals surface area contributed by atoms with E-state index in [1.165, 1.54) is 0 Å². The van der Waals surface area contributed by atoms with Gasteiger partial charge >= 0.3 is 0 Å². The molecule has 0 aromatic carbocycles. The lowest BCUT2D eigenvalue weighted by Gasteiger charge is -2.33. The second-order valence-electron chi connectivity index (χ2n) is 8.00. The quantitative estimate of drug-likeness (QED) is 0.290. The molecule has 0 aromatic rings. The molecule has 0 spiro atoms. The van der Waals surface area contributed by atoms with E-state index < -0.39 is 15.6 Å². The van der Waals surface area contributed by atoms with Crippen molar-refractivity contribution in [1.82, 2.24) is 25.6 Å². The molecule has 10 heteroatoms. The number of hydrogen-bond donors (Lipinski definition) is 4. The highest BCUT2D eigenvalue weighted by Crippen LogP contribution is 2.10. The van der Waals surface area contributed by atoms with Gasteiger partial charge in [-0.2, -0.15) is 0 Å². The van der Waals surface area contributed by atoms with Crippen LogP contribution in [0.15, 0.2) is 4.99 Å². The maximum absolute atomic E-state index is 11.8. The number of piperidine rings is 1. The van der Waals surface area contributed by atoms with E-state index in [0.717, 1.165) is 51.7 Å². The van der Waals surface area contributed by atoms with Crippen molar-refractivity contribution in [2.75, 3.05) is 45.5 Å². The Labute approximate surface area is 170 Å². The Morgan fingerprint density at radius 1 is 1.18 bits per heavy atom. The topological polar surface area (TPSA) is 115 Å². The van der Waals surface area contributed by atoms with Gasteiger partial charge in [-0.25, -0.2) is 13.1 Å². The van der Waals surface area contributed by atoms with Crippen molar-refractivity contribution in [3.8, 4) is 0 Å². The summed E-state index contributed by atoms with van der Waals surface area (Å²) >= 11 is 0. The summed E-state index contributed by atoms with van der Waals surface area (Å²) in [6.45, 7) is 11.6. The minimum atomic E-state index is -3.29. The summed E-state index contributed by atoms with van der Waals surface area (Å²) in [5.74, 6) is 0.772. The molecule has 1 fully saturated rings. The van der Waals surface area contributed by atoms with Crippen LogP contribution < -0.4 is 20.7 Å². The molecule has 1 saturated heterocycles. The van der Waals surface area contributed by atoms with Gasteiger partial charge in [-0.3, -0.25) is 14.7 Å². The molecular weight excluding hydrogens is 380 g/mol. The Morgan fingerprint density at radius 2 is 1.82 bits per heavy atom. The van der Waals surface area contributed by atoms with Crippen LogP contribution in [-0.2, 0) is 14.8 Å². The van der Waals surface area contributed by atoms with Crippen LogP contribution in [0.1, 0.15) is 47.0 Å². The molecule has 1 rings (SSSR count). The molecule has 1 aliphatic rings. The molecule has 0 saturated carbocycles. The maximum atomic E-state index is 11.8. The number of guanidine groups is 1. The number of aliphatic imine (C=N–C) groups is 1. The number of amides is 1. The van der Waals surface area contributed by atoms with E-state index in [2.05, 4.69) is 30.6 Å². The number of likely N-dealkylation sites (tertiary alicyclic amines) is 1. The number of carbonyl (C=O) groups is 1. The summed E-state index contributed by atoms with van der Waals surface area (Å²) in [6.07, 6.45) is 3.95. The molecule has 28 heavy (non-hydrogen) atoms. The van der Waals surface area contributed by atoms with Crippen LogP contribution in [0.5, 0.6) is 0 Å². The summed E-state index contributed by atoms with van der Waals surface area (Å²) in [7, 11) is -3.29. The third-order valence-corrected chi connectivity index (χ3v) is 5.23. The fraction of sp³-hybridized carbons (Fsp3) is 0.889. The van der Waals surface area contributed by atoms with E-state index in [1.54, 1.807) is 0 Å². The lowest BCUT2D eigenvalue weighted by atomic mass is 10.1. The van der Waals surface area contributed by atoms with Gasteiger partial charge < -0.3 is 16.0 Å². The average molecular weight is 419 g/mol. The van der Waals surface area contributed by atoms with Crippen molar-refractivity contribution >= 4 is 21.9 Å². The lowest BCUT2D eigenvalue weighted by molar-refractivity contribution is -0.122. The van der Waals surface area contributed by atoms with Crippen molar-refractivity contribution in [3.63, 3.8) is 0 Å². The van der Waals surface area contributed by atoms with Gasteiger partial charge in [0.05, 0.1) is 19.3 Å². The van der Waals surface area contributed by atoms with Crippen molar-refractivity contribution in [2.45, 2.75) is 58.5 Å². The molecule has 0 bridgehead atoms. The van der Waals surface area contributed by atoms with Gasteiger partial charge in [-0.15, -0.1) is 0 Å². The highest BCUT2D eigenvalue weighted by Gasteiger charge is 2.24. The summed E-state index contributed by atoms with van der Waals surface area (Å²) in [4.78, 5) is 18.6. The predicted molar refractivity (Wildman–Crippen MR) is 114 cm³/mol. The molecule has 0 unspecified atom stereocenters. The molecule has 9 nitrogen and oxygen atoms in total. The normalized spacial score (nSPS) is 17.4. The van der Waals surface area contributed by atoms with E-state index in [1.807, 2.05) is 27.7 Å². The van der Waals surface area contributed by atoms with Crippen LogP contribution >= 0.6 is 0 Å². The highest BCUT2D eigenvalue weighted by atomic mass is 32.2. The summed E-state index contributed by atoms with van der Waals surface area (Å²) in [5, 5.41) is 9.56. The third kappa shape index (κ3) is 10.8. The third-order valence-electron chi connectivity index (χ3n) is 4.31. The standard InChI is InChI=1S/C18H38N6O3S/c1-6-10-20-16(25)13-24-11-8-15(9-12-24)22-17(19-7-2)21-14-18(3,4)23-28(5,26)27/h15,23H,6-14H2,1-5H3,(H,20,25)(H2,19,21,22). The first-order chi connectivity index (χ1) is 13.0. The Morgan fingerprint density at radius 3 is 2.36 bits per heavy atom. The fourth-order valence-corrected chi connectivity index (χ4v) is 4.15. The zero-order valence-corrected chi connectivity index (χ0v) is 18.8. The van der Waals surface area contributed by atoms with Crippen LogP contribution in [0.3, 0.4) is 0 Å². The van der Waals surface area contributed by atoms with Gasteiger partial charge in [0.15, 0.2) is 5.96 Å². The molecule has 1 amide bonds. The van der Waals surface area contributed by atoms with Crippen LogP contribution in [0, 0.1) is 0 Å². The van der Waals surface area contributed by atoms with Gasteiger partial charge in [-0.1, -0.05) is 6.92 Å². The molecule has 0 aliphatic carbocycles. The molecule has 0 aromatic heterocycles. The Kier molecular flexibility index (Phi) is 10.2. The predicted octanol–water partition coefficient (Wildman–Crippen LogP) is -0.140. The van der Waals surface area contributed by atoms with Gasteiger partial charge in [0, 0.05) is 37.8 Å². The SMILES string of the molecule is CCCNC(=O)CN1CCC(NC(=NCC(C)(C)NS(C)(=O)=O)NCC)CC1. The highest BCUT2D eigenvalue weighted by molar-refractivity contribution is 7.88. The van der Waals surface area contributed by atoms with Crippen LogP contribution in [0.2, 0.25) is 0 Å². The van der Waals surface area contributed by atoms with Gasteiger partial charge in [0.1, 0.15) is 0 Å². The minimum absolute atomic E-state index is 0.0868. The largest absolute Gasteiger partial charge is 0.357 e. The minimum Gasteiger partial charge on any atom is -0.357 e. The van der Waals surface area contributed by atoms with E-state index >= 15 is 0 Å². The Balaban J connectivity index is 2.51. The van der Waals surface area contributed by atoms with E-state index in [-0.39, 0.29) is 11.9 Å². The number of nitrogens with zero attached hydrogens (tertiary/aromatic N) is 2. The van der Waals surface area contributed by atoms with Gasteiger partial charge in [0.2, 0.25) is 15.9 Å². The zero-order chi connectivity index (χ0) is 21.2. The molecule has 0 atom stereocenters. The van der Waals surface area contributed by atoms with Gasteiger partial charge in [-0.05, 0) is 40.0 Å². The second-order valence-corrected chi connectivity index (χ2v) is 9.75. The molecular formula is C18H38N6O3S. The number of hydrogen-bond acceptors (Lipinski definition) is 5. The Hall–Kier alpha value is -1.39. The Bertz CT molecular complexity index is 613. The average Bonchev–Trinajstić information content (AvgIpc) is 2.58. The number of carbonyl (C=O) groups excluding carboxylic acids is 1. The van der Waals surface area contributed by atoms with Crippen LogP contribution in [-0.4, -0.2) is 82.3 Å². The summed E-state index contributed by atoms with van der Waals surface area (Å²) in [5.41, 5.74) is -0.662. The second kappa shape index (κ2) is 11.6. The first-order valence-corrected chi connectivity index (χ1v) is 12.0. The smallest absolute Gasteiger partial charge is 0.234 e. The maximum Gasteiger partial charge on any atom is 0.234 e. The van der Waals surface area contributed by atoms with E-state index in [9.17, 15) is 13.2 Å². The van der Waals surface area contributed by atoms with Crippen molar-refractivity contribution in [3.05, 3.63) is 0 Å². The van der Waals surface area contributed by atoms with Crippen molar-refractivity contribution < 1.29 is 13.2 Å². The van der Waals surface area contributed by atoms with E-state index in [0.29, 0.717) is 19.0 Å². The molecule has 164 valence electrons. The lowest BCUT2D eigenvalue weighted by Crippen LogP contribution is -2.51. The summed E-state index contributed by atoms with van der Waals surface area (Å²) in [6, 6.07) is 0.277. The summed E-state index contributed by atoms with van der Waals surface area (Å²) < 4.78 is 25.6. The van der Waals surface area contributed by atoms with E-state index in [4.69, 9.17) is 0 Å². The number of sulfonamides is 1. The number of nitrogens with one attached hydrogen (secondary N) is 4. The molecule has 1 aliphatic heterocycles. The van der Waals surface area contributed by atoms with Crippen molar-refractivity contribution in [1.29, 1.82) is 0 Å². The molecule has 1 heterocycles. The fourth-order valence-electron chi connectivity index (χ4n) is 3.08. The monoisotopic (exact) mass is 418 g/mol. The molecule has 4 N–H and O–H groups in total. The number of rotatable bonds is 10. The first kappa shape index (κ1) is 24.6. The van der Waals surface area contributed by atoms with Crippen molar-refractivity contribution in [2.24, 2.45) is 4.99 Å².